The van der Waals surface area contributed by atoms with Crippen molar-refractivity contribution in [3.63, 3.8) is 0 Å². The van der Waals surface area contributed by atoms with Gasteiger partial charge in [0.1, 0.15) is 12.4 Å². The number of nitrogens with zero attached hydrogens (tertiary/aromatic N) is 6. The molecule has 0 aliphatic carbocycles. The monoisotopic (exact) mass is 684 g/mol. The molecule has 4 aromatic rings. The summed E-state index contributed by atoms with van der Waals surface area (Å²) in [6, 6.07) is 21.3. The Hall–Kier alpha value is -2.71. The summed E-state index contributed by atoms with van der Waals surface area (Å²) in [7, 11) is 2.82. The Kier molecular flexibility index (Phi) is 8.90. The molecule has 1 aliphatic heterocycles. The number of aromatic nitrogens is 4. The summed E-state index contributed by atoms with van der Waals surface area (Å²) in [6.45, 7) is 7.28. The van der Waals surface area contributed by atoms with Gasteiger partial charge in [-0.25, -0.2) is 19.9 Å². The minimum Gasteiger partial charge on any atom is -0.405 e. The van der Waals surface area contributed by atoms with Gasteiger partial charge in [0.25, 0.3) is 8.32 Å². The first kappa shape index (κ1) is 29.8. The summed E-state index contributed by atoms with van der Waals surface area (Å²) in [5, 5.41) is 2.35. The third kappa shape index (κ3) is 5.70. The van der Waals surface area contributed by atoms with Gasteiger partial charge in [-0.3, -0.25) is 4.57 Å². The second kappa shape index (κ2) is 12.3. The zero-order chi connectivity index (χ0) is 29.2. The highest BCUT2D eigenvalue weighted by molar-refractivity contribution is 14.1. The van der Waals surface area contributed by atoms with Crippen LogP contribution in [0.2, 0.25) is 5.04 Å². The number of benzene rings is 2. The first-order chi connectivity index (χ1) is 19.7. The number of hydrogen-bond donors (Lipinski definition) is 0. The van der Waals surface area contributed by atoms with E-state index in [1.807, 2.05) is 23.6 Å². The maximum absolute atomic E-state index is 7.22. The van der Waals surface area contributed by atoms with Gasteiger partial charge in [-0.15, -0.1) is 0 Å². The molecule has 9 nitrogen and oxygen atoms in total. The number of halogens is 1. The lowest BCUT2D eigenvalue weighted by Gasteiger charge is -2.43. The van der Waals surface area contributed by atoms with Gasteiger partial charge < -0.3 is 18.8 Å². The van der Waals surface area contributed by atoms with Crippen LogP contribution in [0, 0.1) is 0 Å². The van der Waals surface area contributed by atoms with Crippen molar-refractivity contribution in [2.24, 2.45) is 4.99 Å². The highest BCUT2D eigenvalue weighted by Crippen LogP contribution is 2.41. The fraction of sp³-hybridized carbons (Fsp3) is 0.400. The molecule has 0 N–H and O–H groups in total. The van der Waals surface area contributed by atoms with E-state index in [2.05, 4.69) is 124 Å². The first-order valence-electron chi connectivity index (χ1n) is 13.6. The molecule has 1 fully saturated rings. The van der Waals surface area contributed by atoms with Crippen LogP contribution in [0.5, 0.6) is 0 Å². The number of imidazole rings is 1. The quantitative estimate of drug-likeness (QED) is 0.0853. The maximum Gasteiger partial charge on any atom is 0.261 e. The lowest BCUT2D eigenvalue weighted by molar-refractivity contribution is -0.0567. The number of fused-ring (bicyclic) bond motifs is 1. The zero-order valence-electron chi connectivity index (χ0n) is 24.3. The molecule has 0 amide bonds. The van der Waals surface area contributed by atoms with Crippen LogP contribution in [0.15, 0.2) is 78.3 Å². The Morgan fingerprint density at radius 3 is 2.22 bits per heavy atom. The van der Waals surface area contributed by atoms with E-state index in [1.54, 1.807) is 19.8 Å². The Morgan fingerprint density at radius 2 is 1.66 bits per heavy atom. The van der Waals surface area contributed by atoms with Crippen molar-refractivity contribution >= 4 is 64.6 Å². The van der Waals surface area contributed by atoms with Crippen molar-refractivity contribution < 1.29 is 13.9 Å². The highest BCUT2D eigenvalue weighted by atomic mass is 127. The predicted molar refractivity (Wildman–Crippen MR) is 173 cm³/mol. The number of hydrogen-bond acceptors (Lipinski definition) is 7. The van der Waals surface area contributed by atoms with E-state index < -0.39 is 14.5 Å². The molecule has 4 atom stereocenters. The van der Waals surface area contributed by atoms with Crippen molar-refractivity contribution in [1.29, 1.82) is 0 Å². The second-order valence-corrected chi connectivity index (χ2v) is 17.2. The molecular formula is C30H37IN6O3Si. The third-order valence-electron chi connectivity index (χ3n) is 7.44. The largest absolute Gasteiger partial charge is 0.405 e. The molecule has 0 unspecified atom stereocenters. The minimum absolute atomic E-state index is 0.0336. The van der Waals surface area contributed by atoms with Gasteiger partial charge in [-0.1, -0.05) is 104 Å². The Morgan fingerprint density at radius 1 is 1.02 bits per heavy atom. The fourth-order valence-corrected chi connectivity index (χ4v) is 11.2. The molecule has 0 saturated carbocycles. The molecular weight excluding hydrogens is 647 g/mol. The molecule has 2 aromatic carbocycles. The van der Waals surface area contributed by atoms with E-state index in [0.717, 1.165) is 0 Å². The summed E-state index contributed by atoms with van der Waals surface area (Å²) in [6.07, 6.45) is 4.07. The lowest BCUT2D eigenvalue weighted by atomic mass is 10.2. The topological polar surface area (TPSA) is 86.9 Å². The van der Waals surface area contributed by atoms with E-state index in [-0.39, 0.29) is 21.2 Å². The van der Waals surface area contributed by atoms with E-state index in [9.17, 15) is 0 Å². The number of ether oxygens (including phenoxy) is 2. The normalized spacial score (nSPS) is 21.6. The van der Waals surface area contributed by atoms with Gasteiger partial charge in [0, 0.05) is 21.2 Å². The van der Waals surface area contributed by atoms with Gasteiger partial charge in [-0.2, -0.15) is 0 Å². The highest BCUT2D eigenvalue weighted by Gasteiger charge is 2.52. The Balaban J connectivity index is 1.48. The maximum atomic E-state index is 7.22. The third-order valence-corrected chi connectivity index (χ3v) is 14.0. The number of aliphatic imine (C=N–C) groups is 1. The summed E-state index contributed by atoms with van der Waals surface area (Å²) in [5.41, 5.74) is 1.26. The SMILES string of the molecule is CO[C@@H]1[C@H](I)[C@@H](CO[Si](c2ccccc2)(c2ccccc2)C(C)(C)C)O[C@H]1n1cnc2c(N=CN(C)C)ncnc21. The van der Waals surface area contributed by atoms with Crippen LogP contribution >= 0.6 is 22.6 Å². The predicted octanol–water partition coefficient (Wildman–Crippen LogP) is 4.34. The van der Waals surface area contributed by atoms with Crippen LogP contribution in [-0.4, -0.2) is 83.0 Å². The summed E-state index contributed by atoms with van der Waals surface area (Å²) in [5.74, 6) is 0.506. The molecule has 0 bridgehead atoms. The van der Waals surface area contributed by atoms with Crippen molar-refractivity contribution in [3.8, 4) is 0 Å². The standard InChI is InChI=1S/C30H37IN6O3Si/c1-30(2,3)41(21-13-9-7-10-14-21,22-15-11-8-12-16-22)39-17-23-24(31)26(38-6)29(40-23)37-20-34-25-27(35-19-36(4)5)32-18-33-28(25)37/h7-16,18-20,23-24,26,29H,17H2,1-6H3/t23-,24-,26-,29-/m1/s1. The fourth-order valence-electron chi connectivity index (χ4n) is 5.56. The molecule has 1 aliphatic rings. The first-order valence-corrected chi connectivity index (χ1v) is 16.8. The molecule has 216 valence electrons. The molecule has 2 aromatic heterocycles. The second-order valence-electron chi connectivity index (χ2n) is 11.4. The molecule has 0 radical (unpaired) electrons. The number of methoxy groups -OCH3 is 1. The van der Waals surface area contributed by atoms with Crippen molar-refractivity contribution in [1.82, 2.24) is 24.4 Å². The van der Waals surface area contributed by atoms with Crippen LogP contribution in [0.4, 0.5) is 5.82 Å². The lowest BCUT2D eigenvalue weighted by Crippen LogP contribution is -2.67. The van der Waals surface area contributed by atoms with Crippen LogP contribution in [0.3, 0.4) is 0 Å². The van der Waals surface area contributed by atoms with Crippen molar-refractivity contribution in [2.75, 3.05) is 27.8 Å². The van der Waals surface area contributed by atoms with Crippen molar-refractivity contribution in [2.45, 2.75) is 48.2 Å². The molecule has 11 heteroatoms. The van der Waals surface area contributed by atoms with Gasteiger partial charge in [0.05, 0.1) is 29.3 Å². The molecule has 0 spiro atoms. The smallest absolute Gasteiger partial charge is 0.261 e. The minimum atomic E-state index is -2.72. The molecule has 41 heavy (non-hydrogen) atoms. The number of alkyl halides is 1. The van der Waals surface area contributed by atoms with Gasteiger partial charge >= 0.3 is 0 Å². The summed E-state index contributed by atoms with van der Waals surface area (Å²) in [4.78, 5) is 19.8. The average Bonchev–Trinajstić information content (AvgIpc) is 3.53. The van der Waals surface area contributed by atoms with Crippen LogP contribution in [0.25, 0.3) is 11.2 Å². The molecule has 3 heterocycles. The van der Waals surface area contributed by atoms with Crippen LogP contribution in [0.1, 0.15) is 27.0 Å². The van der Waals surface area contributed by atoms with Gasteiger partial charge in [0.2, 0.25) is 0 Å². The summed E-state index contributed by atoms with van der Waals surface area (Å²) >= 11 is 2.44. The Bertz CT molecular complexity index is 1440. The average molecular weight is 685 g/mol. The van der Waals surface area contributed by atoms with Gasteiger partial charge in [-0.05, 0) is 15.4 Å². The van der Waals surface area contributed by atoms with E-state index in [1.165, 1.54) is 16.7 Å². The number of rotatable bonds is 9. The van der Waals surface area contributed by atoms with Crippen LogP contribution in [-0.2, 0) is 13.9 Å². The van der Waals surface area contributed by atoms with Crippen molar-refractivity contribution in [3.05, 3.63) is 73.3 Å². The zero-order valence-corrected chi connectivity index (χ0v) is 27.5. The van der Waals surface area contributed by atoms with E-state index >= 15 is 0 Å². The Labute approximate surface area is 256 Å². The molecule has 1 saturated heterocycles. The van der Waals surface area contributed by atoms with Crippen LogP contribution < -0.4 is 10.4 Å². The van der Waals surface area contributed by atoms with E-state index in [4.69, 9.17) is 13.9 Å². The molecule has 5 rings (SSSR count). The van der Waals surface area contributed by atoms with Gasteiger partial charge in [0.15, 0.2) is 23.2 Å². The van der Waals surface area contributed by atoms with E-state index in [0.29, 0.717) is 23.6 Å². The summed E-state index contributed by atoms with van der Waals surface area (Å²) < 4.78 is 21.9.